The summed E-state index contributed by atoms with van der Waals surface area (Å²) in [6.07, 6.45) is 1.75. The Morgan fingerprint density at radius 3 is 2.17 bits per heavy atom. The Kier molecular flexibility index (Phi) is 5.38. The van der Waals surface area contributed by atoms with E-state index in [0.717, 1.165) is 11.3 Å². The van der Waals surface area contributed by atoms with E-state index in [2.05, 4.69) is 4.99 Å². The lowest BCUT2D eigenvalue weighted by atomic mass is 10.1. The van der Waals surface area contributed by atoms with Crippen LogP contribution in [0.15, 0.2) is 83.5 Å². The molecule has 3 aromatic rings. The number of amidine groups is 1. The maximum atomic E-state index is 13.4. The highest BCUT2D eigenvalue weighted by atomic mass is 35.5. The summed E-state index contributed by atoms with van der Waals surface area (Å²) in [5.74, 6) is -0.162. The van der Waals surface area contributed by atoms with Crippen LogP contribution in [0.25, 0.3) is 6.08 Å². The van der Waals surface area contributed by atoms with Crippen molar-refractivity contribution >= 4 is 40.8 Å². The molecular weight excluding hydrogens is 401 g/mol. The summed E-state index contributed by atoms with van der Waals surface area (Å²) in [7, 11) is 3.94. The van der Waals surface area contributed by atoms with Gasteiger partial charge >= 0.3 is 0 Å². The van der Waals surface area contributed by atoms with Crippen LogP contribution in [-0.4, -0.2) is 25.8 Å². The molecule has 0 unspecified atom stereocenters. The second-order valence-corrected chi connectivity index (χ2v) is 7.51. The SMILES string of the molecule is CN(C)c1ccc(/C=C2/N=C(c3ccc(F)cc3)N(c3ccc(Cl)cc3)C2=O)cc1. The van der Waals surface area contributed by atoms with E-state index in [0.29, 0.717) is 27.8 Å². The summed E-state index contributed by atoms with van der Waals surface area (Å²) in [5.41, 5.74) is 3.52. The van der Waals surface area contributed by atoms with Crippen molar-refractivity contribution in [3.8, 4) is 0 Å². The molecule has 0 atom stereocenters. The van der Waals surface area contributed by atoms with Gasteiger partial charge in [-0.15, -0.1) is 0 Å². The Balaban J connectivity index is 1.77. The van der Waals surface area contributed by atoms with Gasteiger partial charge in [0.1, 0.15) is 17.3 Å². The van der Waals surface area contributed by atoms with Gasteiger partial charge in [-0.25, -0.2) is 9.38 Å². The molecule has 4 nitrogen and oxygen atoms in total. The molecule has 0 aliphatic carbocycles. The fourth-order valence-corrected chi connectivity index (χ4v) is 3.29. The predicted octanol–water partition coefficient (Wildman–Crippen LogP) is 5.38. The third-order valence-corrected chi connectivity index (χ3v) is 5.01. The topological polar surface area (TPSA) is 35.9 Å². The Labute approximate surface area is 179 Å². The van der Waals surface area contributed by atoms with Crippen LogP contribution >= 0.6 is 11.6 Å². The Hall–Kier alpha value is -3.44. The molecular formula is C24H19ClFN3O. The molecule has 6 heteroatoms. The molecule has 1 aliphatic heterocycles. The van der Waals surface area contributed by atoms with Gasteiger partial charge < -0.3 is 4.90 Å². The third kappa shape index (κ3) is 3.98. The first-order valence-electron chi connectivity index (χ1n) is 9.36. The maximum Gasteiger partial charge on any atom is 0.282 e. The lowest BCUT2D eigenvalue weighted by Gasteiger charge is -2.18. The summed E-state index contributed by atoms with van der Waals surface area (Å²) >= 11 is 6.01. The van der Waals surface area contributed by atoms with E-state index in [4.69, 9.17) is 11.6 Å². The standard InChI is InChI=1S/C24H19ClFN3O/c1-28(2)20-11-3-16(4-12-20)15-22-24(30)29(21-13-7-18(25)8-14-21)23(27-22)17-5-9-19(26)10-6-17/h3-15H,1-2H3/b22-15+. The van der Waals surface area contributed by atoms with Crippen molar-refractivity contribution in [2.24, 2.45) is 4.99 Å². The average molecular weight is 420 g/mol. The van der Waals surface area contributed by atoms with Crippen LogP contribution in [0.5, 0.6) is 0 Å². The minimum atomic E-state index is -0.349. The van der Waals surface area contributed by atoms with Gasteiger partial charge in [-0.2, -0.15) is 0 Å². The van der Waals surface area contributed by atoms with Crippen LogP contribution in [0.3, 0.4) is 0 Å². The van der Waals surface area contributed by atoms with E-state index in [-0.39, 0.29) is 11.7 Å². The van der Waals surface area contributed by atoms with Gasteiger partial charge in [0.05, 0.1) is 5.69 Å². The molecule has 0 saturated carbocycles. The molecule has 0 spiro atoms. The number of rotatable bonds is 4. The molecule has 4 rings (SSSR count). The molecule has 150 valence electrons. The van der Waals surface area contributed by atoms with Gasteiger partial charge in [-0.05, 0) is 72.3 Å². The average Bonchev–Trinajstić information content (AvgIpc) is 3.06. The Morgan fingerprint density at radius 2 is 1.57 bits per heavy atom. The largest absolute Gasteiger partial charge is 0.378 e. The summed E-state index contributed by atoms with van der Waals surface area (Å²) in [6.45, 7) is 0. The second kappa shape index (κ2) is 8.13. The molecule has 0 radical (unpaired) electrons. The summed E-state index contributed by atoms with van der Waals surface area (Å²) in [5, 5.41) is 0.572. The zero-order valence-corrected chi connectivity index (χ0v) is 17.3. The number of carbonyl (C=O) groups excluding carboxylic acids is 1. The molecule has 0 bridgehead atoms. The van der Waals surface area contributed by atoms with Crippen LogP contribution in [0.2, 0.25) is 5.02 Å². The molecule has 0 fully saturated rings. The maximum absolute atomic E-state index is 13.4. The fraction of sp³-hybridized carbons (Fsp3) is 0.0833. The summed E-state index contributed by atoms with van der Waals surface area (Å²) in [4.78, 5) is 21.4. The van der Waals surface area contributed by atoms with Crippen LogP contribution in [0, 0.1) is 5.82 Å². The number of halogens is 2. The number of hydrogen-bond acceptors (Lipinski definition) is 3. The van der Waals surface area contributed by atoms with Crippen molar-refractivity contribution in [1.29, 1.82) is 0 Å². The molecule has 30 heavy (non-hydrogen) atoms. The number of aliphatic imine (C=N–C) groups is 1. The van der Waals surface area contributed by atoms with Gasteiger partial charge in [0.25, 0.3) is 5.91 Å². The quantitative estimate of drug-likeness (QED) is 0.532. The fourth-order valence-electron chi connectivity index (χ4n) is 3.17. The lowest BCUT2D eigenvalue weighted by molar-refractivity contribution is -0.113. The van der Waals surface area contributed by atoms with Crippen LogP contribution in [-0.2, 0) is 4.79 Å². The summed E-state index contributed by atoms with van der Waals surface area (Å²) in [6, 6.07) is 20.7. The van der Waals surface area contributed by atoms with Crippen molar-refractivity contribution in [3.05, 3.63) is 100 Å². The zero-order chi connectivity index (χ0) is 21.3. The highest BCUT2D eigenvalue weighted by Gasteiger charge is 2.32. The number of carbonyl (C=O) groups is 1. The van der Waals surface area contributed by atoms with Gasteiger partial charge in [0.2, 0.25) is 0 Å². The number of anilines is 2. The van der Waals surface area contributed by atoms with E-state index in [1.807, 2.05) is 43.3 Å². The Bertz CT molecular complexity index is 1130. The van der Waals surface area contributed by atoms with E-state index >= 15 is 0 Å². The Morgan fingerprint density at radius 1 is 0.933 bits per heavy atom. The monoisotopic (exact) mass is 419 g/mol. The zero-order valence-electron chi connectivity index (χ0n) is 16.5. The van der Waals surface area contributed by atoms with Crippen molar-refractivity contribution in [2.45, 2.75) is 0 Å². The van der Waals surface area contributed by atoms with Crippen LogP contribution in [0.1, 0.15) is 11.1 Å². The first-order chi connectivity index (χ1) is 14.4. The van der Waals surface area contributed by atoms with Gasteiger partial charge in [-0.3, -0.25) is 9.69 Å². The van der Waals surface area contributed by atoms with Crippen molar-refractivity contribution in [2.75, 3.05) is 23.9 Å². The normalized spacial score (nSPS) is 14.9. The van der Waals surface area contributed by atoms with Crippen LogP contribution in [0.4, 0.5) is 15.8 Å². The number of nitrogens with zero attached hydrogens (tertiary/aromatic N) is 3. The number of hydrogen-bond donors (Lipinski definition) is 0. The molecule has 1 aliphatic rings. The molecule has 0 saturated heterocycles. The highest BCUT2D eigenvalue weighted by Crippen LogP contribution is 2.29. The lowest BCUT2D eigenvalue weighted by Crippen LogP contribution is -2.32. The van der Waals surface area contributed by atoms with Crippen molar-refractivity contribution < 1.29 is 9.18 Å². The molecule has 1 heterocycles. The van der Waals surface area contributed by atoms with Gasteiger partial charge in [0.15, 0.2) is 0 Å². The molecule has 0 N–H and O–H groups in total. The van der Waals surface area contributed by atoms with E-state index in [9.17, 15) is 9.18 Å². The molecule has 3 aromatic carbocycles. The van der Waals surface area contributed by atoms with Crippen molar-refractivity contribution in [1.82, 2.24) is 0 Å². The molecule has 1 amide bonds. The first kappa shape index (κ1) is 19.9. The smallest absolute Gasteiger partial charge is 0.282 e. The minimum absolute atomic E-state index is 0.256. The van der Waals surface area contributed by atoms with E-state index in [1.165, 1.54) is 17.0 Å². The highest BCUT2D eigenvalue weighted by molar-refractivity contribution is 6.33. The third-order valence-electron chi connectivity index (χ3n) is 4.76. The summed E-state index contributed by atoms with van der Waals surface area (Å²) < 4.78 is 13.4. The van der Waals surface area contributed by atoms with Crippen molar-refractivity contribution in [3.63, 3.8) is 0 Å². The predicted molar refractivity (Wildman–Crippen MR) is 121 cm³/mol. The van der Waals surface area contributed by atoms with Gasteiger partial charge in [0, 0.05) is 30.4 Å². The van der Waals surface area contributed by atoms with E-state index < -0.39 is 0 Å². The number of benzene rings is 3. The molecule has 0 aromatic heterocycles. The second-order valence-electron chi connectivity index (χ2n) is 7.07. The van der Waals surface area contributed by atoms with Gasteiger partial charge in [-0.1, -0.05) is 23.7 Å². The van der Waals surface area contributed by atoms with E-state index in [1.54, 1.807) is 42.5 Å². The minimum Gasteiger partial charge on any atom is -0.378 e. The number of amides is 1. The van der Waals surface area contributed by atoms with Crippen LogP contribution < -0.4 is 9.80 Å². The first-order valence-corrected chi connectivity index (χ1v) is 9.74.